The second-order valence-corrected chi connectivity index (χ2v) is 5.91. The normalized spacial score (nSPS) is 12.3. The first-order valence-corrected chi connectivity index (χ1v) is 7.61. The first kappa shape index (κ1) is 16.0. The first-order chi connectivity index (χ1) is 9.97. The Morgan fingerprint density at radius 2 is 1.86 bits per heavy atom. The van der Waals surface area contributed by atoms with Crippen molar-refractivity contribution in [2.75, 3.05) is 5.32 Å². The largest absolute Gasteiger partial charge is 0.434 e. The van der Waals surface area contributed by atoms with Crippen molar-refractivity contribution in [2.24, 2.45) is 0 Å². The molecule has 0 amide bonds. The second kappa shape index (κ2) is 7.06. The van der Waals surface area contributed by atoms with Gasteiger partial charge in [-0.05, 0) is 60.2 Å². The molecule has 0 bridgehead atoms. The lowest BCUT2D eigenvalue weighted by atomic mass is 10.1. The third kappa shape index (κ3) is 4.30. The summed E-state index contributed by atoms with van der Waals surface area (Å²) in [5.41, 5.74) is 2.85. The summed E-state index contributed by atoms with van der Waals surface area (Å²) in [6, 6.07) is 12.7. The highest BCUT2D eigenvalue weighted by Crippen LogP contribution is 2.29. The van der Waals surface area contributed by atoms with Crippen molar-refractivity contribution in [1.82, 2.24) is 0 Å². The average Bonchev–Trinajstić information content (AvgIpc) is 2.43. The van der Waals surface area contributed by atoms with Crippen LogP contribution in [0.3, 0.4) is 0 Å². The summed E-state index contributed by atoms with van der Waals surface area (Å²) < 4.78 is 30.6. The van der Waals surface area contributed by atoms with Gasteiger partial charge >= 0.3 is 6.61 Å². The summed E-state index contributed by atoms with van der Waals surface area (Å²) >= 11 is 2.27. The van der Waals surface area contributed by atoms with Crippen LogP contribution in [-0.2, 0) is 0 Å². The lowest BCUT2D eigenvalue weighted by Gasteiger charge is -2.19. The number of aryl methyl sites for hydroxylation is 1. The van der Waals surface area contributed by atoms with E-state index in [4.69, 9.17) is 0 Å². The maximum Gasteiger partial charge on any atom is 0.387 e. The van der Waals surface area contributed by atoms with Crippen LogP contribution in [-0.4, -0.2) is 6.61 Å². The lowest BCUT2D eigenvalue weighted by Crippen LogP contribution is -2.11. The van der Waals surface area contributed by atoms with Crippen LogP contribution in [0.1, 0.15) is 24.1 Å². The molecule has 0 aromatic heterocycles. The molecule has 0 heterocycles. The molecule has 1 atom stereocenters. The number of benzene rings is 2. The van der Waals surface area contributed by atoms with Crippen LogP contribution >= 0.6 is 22.6 Å². The number of rotatable bonds is 5. The quantitative estimate of drug-likeness (QED) is 0.678. The molecule has 2 nitrogen and oxygen atoms in total. The topological polar surface area (TPSA) is 21.3 Å². The van der Waals surface area contributed by atoms with Gasteiger partial charge in [0.05, 0.1) is 6.04 Å². The summed E-state index contributed by atoms with van der Waals surface area (Å²) in [5, 5.41) is 3.31. The molecule has 2 aromatic rings. The molecule has 0 saturated heterocycles. The molecule has 0 aliphatic carbocycles. The summed E-state index contributed by atoms with van der Waals surface area (Å²) in [7, 11) is 0. The molecule has 0 fully saturated rings. The van der Waals surface area contributed by atoms with Crippen LogP contribution in [0.2, 0.25) is 0 Å². The zero-order valence-corrected chi connectivity index (χ0v) is 13.9. The van der Waals surface area contributed by atoms with E-state index in [9.17, 15) is 8.78 Å². The van der Waals surface area contributed by atoms with Gasteiger partial charge in [0.1, 0.15) is 5.75 Å². The third-order valence-electron chi connectivity index (χ3n) is 3.16. The molecule has 1 unspecified atom stereocenters. The van der Waals surface area contributed by atoms with Gasteiger partial charge in [-0.3, -0.25) is 0 Å². The van der Waals surface area contributed by atoms with Crippen molar-refractivity contribution < 1.29 is 13.5 Å². The van der Waals surface area contributed by atoms with E-state index in [0.29, 0.717) is 5.56 Å². The number of ether oxygens (including phenoxy) is 1. The van der Waals surface area contributed by atoms with Gasteiger partial charge in [-0.2, -0.15) is 8.78 Å². The van der Waals surface area contributed by atoms with E-state index in [1.165, 1.54) is 5.56 Å². The SMILES string of the molecule is Cc1ccc(NC(C)c2ccccc2OC(F)F)cc1I. The number of halogens is 3. The fourth-order valence-corrected chi connectivity index (χ4v) is 2.57. The Morgan fingerprint density at radius 3 is 2.52 bits per heavy atom. The van der Waals surface area contributed by atoms with Gasteiger partial charge in [0.25, 0.3) is 0 Å². The number of anilines is 1. The van der Waals surface area contributed by atoms with Gasteiger partial charge in [-0.15, -0.1) is 0 Å². The van der Waals surface area contributed by atoms with Gasteiger partial charge in [0.2, 0.25) is 0 Å². The van der Waals surface area contributed by atoms with Crippen molar-refractivity contribution in [3.05, 3.63) is 57.2 Å². The zero-order chi connectivity index (χ0) is 15.4. The van der Waals surface area contributed by atoms with Crippen molar-refractivity contribution in [1.29, 1.82) is 0 Å². The van der Waals surface area contributed by atoms with Crippen LogP contribution in [0.4, 0.5) is 14.5 Å². The molecular formula is C16H16F2INO. The Morgan fingerprint density at radius 1 is 1.14 bits per heavy atom. The minimum absolute atomic E-state index is 0.140. The molecule has 0 saturated carbocycles. The van der Waals surface area contributed by atoms with E-state index in [1.807, 2.05) is 38.1 Å². The molecule has 21 heavy (non-hydrogen) atoms. The Balaban J connectivity index is 2.19. The van der Waals surface area contributed by atoms with Gasteiger partial charge in [0, 0.05) is 14.8 Å². The van der Waals surface area contributed by atoms with E-state index >= 15 is 0 Å². The predicted octanol–water partition coefficient (Wildman–Crippen LogP) is 5.37. The Labute approximate surface area is 136 Å². The van der Waals surface area contributed by atoms with Crippen LogP contribution in [0.15, 0.2) is 42.5 Å². The average molecular weight is 403 g/mol. The minimum atomic E-state index is -2.82. The Hall–Kier alpha value is -1.37. The minimum Gasteiger partial charge on any atom is -0.434 e. The van der Waals surface area contributed by atoms with E-state index in [2.05, 4.69) is 32.6 Å². The van der Waals surface area contributed by atoms with Crippen molar-refractivity contribution in [3.8, 4) is 5.75 Å². The number of hydrogen-bond donors (Lipinski definition) is 1. The Kier molecular flexibility index (Phi) is 5.39. The highest BCUT2D eigenvalue weighted by molar-refractivity contribution is 14.1. The number of hydrogen-bond acceptors (Lipinski definition) is 2. The number of para-hydroxylation sites is 1. The van der Waals surface area contributed by atoms with Crippen LogP contribution in [0, 0.1) is 10.5 Å². The van der Waals surface area contributed by atoms with Crippen LogP contribution in [0.5, 0.6) is 5.75 Å². The molecule has 0 aliphatic rings. The summed E-state index contributed by atoms with van der Waals surface area (Å²) in [6.45, 7) is 1.14. The van der Waals surface area contributed by atoms with Gasteiger partial charge in [-0.25, -0.2) is 0 Å². The summed E-state index contributed by atoms with van der Waals surface area (Å²) in [5.74, 6) is 0.203. The molecule has 5 heteroatoms. The van der Waals surface area contributed by atoms with Gasteiger partial charge in [-0.1, -0.05) is 24.3 Å². The highest BCUT2D eigenvalue weighted by Gasteiger charge is 2.14. The molecule has 0 radical (unpaired) electrons. The van der Waals surface area contributed by atoms with Crippen molar-refractivity contribution >= 4 is 28.3 Å². The van der Waals surface area contributed by atoms with Gasteiger partial charge in [0.15, 0.2) is 0 Å². The predicted molar refractivity (Wildman–Crippen MR) is 89.0 cm³/mol. The standard InChI is InChI=1S/C16H16F2INO/c1-10-7-8-12(9-14(10)19)20-11(2)13-5-3-4-6-15(13)21-16(17)18/h3-9,11,16,20H,1-2H3. The van der Waals surface area contributed by atoms with Crippen LogP contribution < -0.4 is 10.1 Å². The van der Waals surface area contributed by atoms with Crippen molar-refractivity contribution in [3.63, 3.8) is 0 Å². The molecule has 0 spiro atoms. The zero-order valence-electron chi connectivity index (χ0n) is 11.7. The lowest BCUT2D eigenvalue weighted by molar-refractivity contribution is -0.0505. The molecule has 0 aliphatic heterocycles. The third-order valence-corrected chi connectivity index (χ3v) is 4.32. The summed E-state index contributed by atoms with van der Waals surface area (Å²) in [4.78, 5) is 0. The molecule has 112 valence electrons. The monoisotopic (exact) mass is 403 g/mol. The Bertz CT molecular complexity index is 619. The van der Waals surface area contributed by atoms with E-state index in [1.54, 1.807) is 18.2 Å². The fourth-order valence-electron chi connectivity index (χ4n) is 2.05. The fraction of sp³-hybridized carbons (Fsp3) is 0.250. The van der Waals surface area contributed by atoms with E-state index < -0.39 is 6.61 Å². The van der Waals surface area contributed by atoms with Crippen molar-refractivity contribution in [2.45, 2.75) is 26.5 Å². The molecule has 2 rings (SSSR count). The van der Waals surface area contributed by atoms with Crippen LogP contribution in [0.25, 0.3) is 0 Å². The maximum atomic E-state index is 12.4. The smallest absolute Gasteiger partial charge is 0.387 e. The first-order valence-electron chi connectivity index (χ1n) is 6.54. The number of nitrogens with one attached hydrogen (secondary N) is 1. The highest BCUT2D eigenvalue weighted by atomic mass is 127. The van der Waals surface area contributed by atoms with Gasteiger partial charge < -0.3 is 10.1 Å². The van der Waals surface area contributed by atoms with E-state index in [-0.39, 0.29) is 11.8 Å². The summed E-state index contributed by atoms with van der Waals surface area (Å²) in [6.07, 6.45) is 0. The van der Waals surface area contributed by atoms with E-state index in [0.717, 1.165) is 9.26 Å². The molecule has 1 N–H and O–H groups in total. The second-order valence-electron chi connectivity index (χ2n) is 4.75. The maximum absolute atomic E-state index is 12.4. The number of alkyl halides is 2. The molecular weight excluding hydrogens is 387 g/mol. The molecule has 2 aromatic carbocycles.